The molecule has 0 bridgehead atoms. The van der Waals surface area contributed by atoms with E-state index in [4.69, 9.17) is 0 Å². The van der Waals surface area contributed by atoms with Crippen molar-refractivity contribution in [3.8, 4) is 11.1 Å². The number of rotatable bonds is 6. The fourth-order valence-corrected chi connectivity index (χ4v) is 8.96. The van der Waals surface area contributed by atoms with Gasteiger partial charge in [-0.15, -0.1) is 0 Å². The lowest BCUT2D eigenvalue weighted by atomic mass is 9.89. The summed E-state index contributed by atoms with van der Waals surface area (Å²) in [6, 6.07) is 73.2. The highest BCUT2D eigenvalue weighted by molar-refractivity contribution is 6.34. The van der Waals surface area contributed by atoms with E-state index in [2.05, 4.69) is 217 Å². The van der Waals surface area contributed by atoms with Gasteiger partial charge in [0.05, 0.1) is 11.4 Å². The maximum absolute atomic E-state index is 2.41. The Labute approximate surface area is 320 Å². The number of benzene rings is 11. The van der Waals surface area contributed by atoms with Crippen LogP contribution in [-0.4, -0.2) is 7.05 Å². The summed E-state index contributed by atoms with van der Waals surface area (Å²) in [5, 5.41) is 15.4. The maximum Gasteiger partial charge on any atom is 0.0540 e. The molecule has 2 nitrogen and oxygen atoms in total. The molecule has 0 spiro atoms. The fraction of sp³-hybridized carbons (Fsp3) is 0.0189. The second kappa shape index (κ2) is 12.5. The Hall–Kier alpha value is -7.16. The summed E-state index contributed by atoms with van der Waals surface area (Å²) >= 11 is 0. The molecule has 0 saturated heterocycles. The van der Waals surface area contributed by atoms with E-state index in [-0.39, 0.29) is 0 Å². The summed E-state index contributed by atoms with van der Waals surface area (Å²) in [7, 11) is 2.18. The summed E-state index contributed by atoms with van der Waals surface area (Å²) in [6.45, 7) is 0. The van der Waals surface area contributed by atoms with Gasteiger partial charge in [0.1, 0.15) is 0 Å². The molecule has 11 rings (SSSR count). The van der Waals surface area contributed by atoms with Crippen LogP contribution in [0.4, 0.5) is 28.4 Å². The van der Waals surface area contributed by atoms with Gasteiger partial charge in [-0.1, -0.05) is 158 Å². The average molecular weight is 701 g/mol. The lowest BCUT2D eigenvalue weighted by Crippen LogP contribution is -2.11. The van der Waals surface area contributed by atoms with Crippen LogP contribution >= 0.6 is 0 Å². The Morgan fingerprint density at radius 2 is 0.691 bits per heavy atom. The molecule has 0 aliphatic carbocycles. The van der Waals surface area contributed by atoms with Crippen molar-refractivity contribution in [2.24, 2.45) is 0 Å². The normalized spacial score (nSPS) is 11.7. The van der Waals surface area contributed by atoms with Crippen LogP contribution in [0.3, 0.4) is 0 Å². The zero-order valence-corrected chi connectivity index (χ0v) is 30.4. The average Bonchev–Trinajstić information content (AvgIpc) is 3.25. The van der Waals surface area contributed by atoms with Crippen molar-refractivity contribution in [2.75, 3.05) is 16.8 Å². The molecule has 0 N–H and O–H groups in total. The second-order valence-electron chi connectivity index (χ2n) is 14.6. The Morgan fingerprint density at radius 3 is 1.29 bits per heavy atom. The first-order chi connectivity index (χ1) is 27.2. The molecule has 0 aliphatic rings. The zero-order valence-electron chi connectivity index (χ0n) is 30.4. The molecule has 0 saturated carbocycles. The van der Waals surface area contributed by atoms with E-state index in [9.17, 15) is 0 Å². The molecule has 258 valence electrons. The monoisotopic (exact) mass is 700 g/mol. The molecule has 11 aromatic carbocycles. The van der Waals surface area contributed by atoms with Crippen LogP contribution in [-0.2, 0) is 0 Å². The molecule has 0 fully saturated rings. The molecular formula is C53H36N2. The minimum atomic E-state index is 1.12. The van der Waals surface area contributed by atoms with Crippen LogP contribution in [0.15, 0.2) is 200 Å². The van der Waals surface area contributed by atoms with Crippen LogP contribution < -0.4 is 9.80 Å². The van der Waals surface area contributed by atoms with Crippen molar-refractivity contribution in [2.45, 2.75) is 0 Å². The molecule has 0 aliphatic heterocycles. The number of hydrogen-bond donors (Lipinski definition) is 0. The van der Waals surface area contributed by atoms with Gasteiger partial charge in [-0.3, -0.25) is 0 Å². The molecule has 11 aromatic rings. The third kappa shape index (κ3) is 4.96. The molecule has 0 unspecified atom stereocenters. The molecule has 0 amide bonds. The van der Waals surface area contributed by atoms with E-state index in [1.54, 1.807) is 0 Å². The molecule has 55 heavy (non-hydrogen) atoms. The van der Waals surface area contributed by atoms with Gasteiger partial charge in [0.15, 0.2) is 0 Å². The predicted octanol–water partition coefficient (Wildman–Crippen LogP) is 14.9. The highest BCUT2D eigenvalue weighted by atomic mass is 15.1. The number of fused-ring (bicyclic) bond motifs is 4. The molecule has 0 atom stereocenters. The van der Waals surface area contributed by atoms with Gasteiger partial charge >= 0.3 is 0 Å². The smallest absolute Gasteiger partial charge is 0.0540 e. The van der Waals surface area contributed by atoms with Gasteiger partial charge in [0.2, 0.25) is 0 Å². The zero-order chi connectivity index (χ0) is 36.5. The molecule has 0 radical (unpaired) electrons. The van der Waals surface area contributed by atoms with E-state index in [0.717, 1.165) is 22.7 Å². The summed E-state index contributed by atoms with van der Waals surface area (Å²) in [6.07, 6.45) is 0. The minimum Gasteiger partial charge on any atom is -0.344 e. The number of hydrogen-bond acceptors (Lipinski definition) is 2. The lowest BCUT2D eigenvalue weighted by molar-refractivity contribution is 1.22. The van der Waals surface area contributed by atoms with E-state index < -0.39 is 0 Å². The van der Waals surface area contributed by atoms with Crippen molar-refractivity contribution in [1.82, 2.24) is 0 Å². The Bertz CT molecular complexity index is 3080. The van der Waals surface area contributed by atoms with Crippen molar-refractivity contribution in [3.63, 3.8) is 0 Å². The maximum atomic E-state index is 2.41. The number of anilines is 5. The second-order valence-corrected chi connectivity index (χ2v) is 14.6. The summed E-state index contributed by atoms with van der Waals surface area (Å²) in [5.41, 5.74) is 8.16. The van der Waals surface area contributed by atoms with Crippen LogP contribution in [0.5, 0.6) is 0 Å². The molecular weight excluding hydrogens is 665 g/mol. The van der Waals surface area contributed by atoms with Gasteiger partial charge in [-0.2, -0.15) is 0 Å². The molecule has 0 aromatic heterocycles. The standard InChI is InChI=1S/C53H36N2/c1-54(49-34-33-47-45-20-7-16-39-15-6-19-44(52(39)45)46-21-10-22-48(49)53(46)47)40-29-25-35(26-30-40)36-27-31-41(32-28-36)55(50-23-8-13-37-11-2-4-17-42(37)50)51-24-9-14-38-12-3-5-18-43(38)51/h2-34H,1H3. The lowest BCUT2D eigenvalue weighted by Gasteiger charge is -2.28. The van der Waals surface area contributed by atoms with Gasteiger partial charge in [-0.05, 0) is 102 Å². The Morgan fingerprint density at radius 1 is 0.273 bits per heavy atom. The third-order valence-corrected chi connectivity index (χ3v) is 11.6. The molecule has 0 heterocycles. The van der Waals surface area contributed by atoms with Gasteiger partial charge in [-0.25, -0.2) is 0 Å². The van der Waals surface area contributed by atoms with Crippen molar-refractivity contribution in [1.29, 1.82) is 0 Å². The van der Waals surface area contributed by atoms with E-state index in [1.165, 1.54) is 81.4 Å². The van der Waals surface area contributed by atoms with Crippen molar-refractivity contribution in [3.05, 3.63) is 200 Å². The number of nitrogens with zero attached hydrogens (tertiary/aromatic N) is 2. The van der Waals surface area contributed by atoms with E-state index in [1.807, 2.05) is 0 Å². The van der Waals surface area contributed by atoms with Crippen molar-refractivity contribution >= 4 is 93.1 Å². The highest BCUT2D eigenvalue weighted by Gasteiger charge is 2.19. The largest absolute Gasteiger partial charge is 0.344 e. The van der Waals surface area contributed by atoms with Gasteiger partial charge < -0.3 is 9.80 Å². The Balaban J connectivity index is 0.959. The van der Waals surface area contributed by atoms with Gasteiger partial charge in [0.25, 0.3) is 0 Å². The first-order valence-electron chi connectivity index (χ1n) is 19.0. The first-order valence-corrected chi connectivity index (χ1v) is 19.0. The van der Waals surface area contributed by atoms with Crippen LogP contribution in [0.1, 0.15) is 0 Å². The van der Waals surface area contributed by atoms with E-state index >= 15 is 0 Å². The molecule has 2 heteroatoms. The summed E-state index contributed by atoms with van der Waals surface area (Å²) < 4.78 is 0. The highest BCUT2D eigenvalue weighted by Crippen LogP contribution is 2.45. The predicted molar refractivity (Wildman–Crippen MR) is 237 cm³/mol. The first kappa shape index (κ1) is 31.4. The van der Waals surface area contributed by atoms with E-state index in [0.29, 0.717) is 0 Å². The topological polar surface area (TPSA) is 6.48 Å². The SMILES string of the molecule is CN(c1ccc(-c2ccc(N(c3cccc4ccccc34)c3cccc4ccccc34)cc2)cc1)c1ccc2c3cccc4cccc(c5cccc1c52)c43. The van der Waals surface area contributed by atoms with Gasteiger partial charge in [0, 0.05) is 40.3 Å². The third-order valence-electron chi connectivity index (χ3n) is 11.6. The van der Waals surface area contributed by atoms with Crippen LogP contribution in [0.2, 0.25) is 0 Å². The quantitative estimate of drug-likeness (QED) is 0.126. The summed E-state index contributed by atoms with van der Waals surface area (Å²) in [5.74, 6) is 0. The van der Waals surface area contributed by atoms with Crippen LogP contribution in [0.25, 0.3) is 75.8 Å². The summed E-state index contributed by atoms with van der Waals surface area (Å²) in [4.78, 5) is 4.73. The Kier molecular flexibility index (Phi) is 7.11. The van der Waals surface area contributed by atoms with Crippen molar-refractivity contribution < 1.29 is 0 Å². The fourth-order valence-electron chi connectivity index (χ4n) is 8.96. The van der Waals surface area contributed by atoms with Crippen LogP contribution in [0, 0.1) is 0 Å². The minimum absolute atomic E-state index is 1.12.